The average Bonchev–Trinajstić information content (AvgIpc) is 3.37. The predicted molar refractivity (Wildman–Crippen MR) is 122 cm³/mol. The Labute approximate surface area is 192 Å². The maximum Gasteiger partial charge on any atom is 0.252 e. The molecule has 4 rings (SSSR count). The first-order valence-electron chi connectivity index (χ1n) is 10.3. The highest BCUT2D eigenvalue weighted by molar-refractivity contribution is 7.18. The summed E-state index contributed by atoms with van der Waals surface area (Å²) in [7, 11) is 2.04. The molecule has 1 amide bonds. The van der Waals surface area contributed by atoms with Crippen molar-refractivity contribution in [1.29, 1.82) is 0 Å². The van der Waals surface area contributed by atoms with Crippen molar-refractivity contribution in [3.05, 3.63) is 64.2 Å². The van der Waals surface area contributed by atoms with Crippen molar-refractivity contribution >= 4 is 39.8 Å². The molecule has 1 saturated heterocycles. The number of aromatic nitrogens is 2. The predicted octanol–water partition coefficient (Wildman–Crippen LogP) is 3.20. The van der Waals surface area contributed by atoms with E-state index in [0.29, 0.717) is 24.0 Å². The number of thiazole rings is 1. The summed E-state index contributed by atoms with van der Waals surface area (Å²) in [5, 5.41) is 6.03. The van der Waals surface area contributed by atoms with Crippen molar-refractivity contribution < 1.29 is 18.4 Å². The van der Waals surface area contributed by atoms with Crippen molar-refractivity contribution in [3.8, 4) is 0 Å². The number of pyridine rings is 1. The highest BCUT2D eigenvalue weighted by Gasteiger charge is 2.24. The number of halogens is 2. The lowest BCUT2D eigenvalue weighted by Crippen LogP contribution is -2.38. The molecule has 3 aromatic rings. The van der Waals surface area contributed by atoms with Gasteiger partial charge in [-0.25, -0.2) is 18.7 Å². The third-order valence-electron chi connectivity index (χ3n) is 5.48. The molecule has 172 valence electrons. The lowest BCUT2D eigenvalue weighted by molar-refractivity contribution is 0.0942. The molecular formula is C22H22F2N6O2S. The molecular weight excluding hydrogens is 450 g/mol. The molecule has 0 radical (unpaired) electrons. The largest absolute Gasteiger partial charge is 0.382 e. The van der Waals surface area contributed by atoms with E-state index in [4.69, 9.17) is 5.73 Å². The lowest BCUT2D eigenvalue weighted by Gasteiger charge is -2.19. The van der Waals surface area contributed by atoms with E-state index in [-0.39, 0.29) is 21.7 Å². The van der Waals surface area contributed by atoms with Crippen LogP contribution in [0.5, 0.6) is 0 Å². The number of nitrogens with zero attached hydrogens (tertiary/aromatic N) is 3. The van der Waals surface area contributed by atoms with Crippen LogP contribution in [0.1, 0.15) is 38.4 Å². The Morgan fingerprint density at radius 2 is 2.00 bits per heavy atom. The number of likely N-dealkylation sites (tertiary alicyclic amines) is 1. The molecule has 0 spiro atoms. The number of carbonyl (C=O) groups excluding carboxylic acids is 2. The van der Waals surface area contributed by atoms with E-state index in [2.05, 4.69) is 25.5 Å². The molecule has 1 aliphatic rings. The second-order valence-electron chi connectivity index (χ2n) is 7.70. The molecule has 3 heterocycles. The number of ketones is 1. The zero-order valence-corrected chi connectivity index (χ0v) is 18.6. The van der Waals surface area contributed by atoms with Crippen LogP contribution in [0.3, 0.4) is 0 Å². The summed E-state index contributed by atoms with van der Waals surface area (Å²) in [6, 6.07) is 6.72. The number of nitrogen functional groups attached to an aromatic ring is 1. The van der Waals surface area contributed by atoms with E-state index >= 15 is 0 Å². The molecule has 0 saturated carbocycles. The summed E-state index contributed by atoms with van der Waals surface area (Å²) in [6.45, 7) is 1.61. The Balaban J connectivity index is 1.41. The van der Waals surface area contributed by atoms with Gasteiger partial charge in [0.05, 0.1) is 11.1 Å². The fraction of sp³-hybridized carbons (Fsp3) is 0.273. The van der Waals surface area contributed by atoms with Crippen LogP contribution < -0.4 is 16.4 Å². The average molecular weight is 473 g/mol. The number of nitrogens with two attached hydrogens (primary N) is 1. The van der Waals surface area contributed by atoms with Gasteiger partial charge in [-0.2, -0.15) is 0 Å². The highest BCUT2D eigenvalue weighted by Crippen LogP contribution is 2.30. The highest BCUT2D eigenvalue weighted by atomic mass is 32.1. The molecule has 1 aromatic carbocycles. The number of benzene rings is 1. The maximum absolute atomic E-state index is 14.0. The summed E-state index contributed by atoms with van der Waals surface area (Å²) in [4.78, 5) is 35.3. The van der Waals surface area contributed by atoms with Crippen LogP contribution in [0.2, 0.25) is 0 Å². The SMILES string of the molecule is CN1CCCC1CNC(=O)c1ccc(Nc2nc(N)c(C(=O)c3c(F)cccc3F)s2)nc1. The van der Waals surface area contributed by atoms with Gasteiger partial charge in [0, 0.05) is 18.8 Å². The summed E-state index contributed by atoms with van der Waals surface area (Å²) in [5.74, 6) is -2.83. The summed E-state index contributed by atoms with van der Waals surface area (Å²) < 4.78 is 27.9. The number of anilines is 3. The van der Waals surface area contributed by atoms with Gasteiger partial charge in [0.25, 0.3) is 5.91 Å². The van der Waals surface area contributed by atoms with Gasteiger partial charge < -0.3 is 21.3 Å². The number of amides is 1. The van der Waals surface area contributed by atoms with E-state index in [1.807, 2.05) is 7.05 Å². The van der Waals surface area contributed by atoms with Crippen molar-refractivity contribution in [1.82, 2.24) is 20.2 Å². The summed E-state index contributed by atoms with van der Waals surface area (Å²) >= 11 is 0.854. The lowest BCUT2D eigenvalue weighted by atomic mass is 10.1. The number of hydrogen-bond donors (Lipinski definition) is 3. The Bertz CT molecular complexity index is 1160. The van der Waals surface area contributed by atoms with Crippen molar-refractivity contribution in [2.75, 3.05) is 31.2 Å². The van der Waals surface area contributed by atoms with Gasteiger partial charge in [-0.3, -0.25) is 9.59 Å². The first-order valence-corrected chi connectivity index (χ1v) is 11.1. The molecule has 0 bridgehead atoms. The van der Waals surface area contributed by atoms with Crippen LogP contribution >= 0.6 is 11.3 Å². The number of hydrogen-bond acceptors (Lipinski definition) is 8. The zero-order valence-electron chi connectivity index (χ0n) is 17.8. The van der Waals surface area contributed by atoms with Crippen molar-refractivity contribution in [2.45, 2.75) is 18.9 Å². The third kappa shape index (κ3) is 4.99. The first-order chi connectivity index (χ1) is 15.8. The minimum absolute atomic E-state index is 0.0885. The van der Waals surface area contributed by atoms with Gasteiger partial charge in [-0.15, -0.1) is 0 Å². The van der Waals surface area contributed by atoms with Gasteiger partial charge in [0.1, 0.15) is 28.1 Å². The monoisotopic (exact) mass is 472 g/mol. The van der Waals surface area contributed by atoms with Crippen molar-refractivity contribution in [2.24, 2.45) is 0 Å². The molecule has 2 aromatic heterocycles. The van der Waals surface area contributed by atoms with Crippen LogP contribution in [0.15, 0.2) is 36.5 Å². The molecule has 1 unspecified atom stereocenters. The molecule has 33 heavy (non-hydrogen) atoms. The van der Waals surface area contributed by atoms with Gasteiger partial charge >= 0.3 is 0 Å². The van der Waals surface area contributed by atoms with Gasteiger partial charge in [0.15, 0.2) is 5.13 Å². The minimum Gasteiger partial charge on any atom is -0.382 e. The second-order valence-corrected chi connectivity index (χ2v) is 8.70. The van der Waals surface area contributed by atoms with Crippen molar-refractivity contribution in [3.63, 3.8) is 0 Å². The second kappa shape index (κ2) is 9.59. The Hall–Kier alpha value is -3.44. The topological polar surface area (TPSA) is 113 Å². The van der Waals surface area contributed by atoms with E-state index < -0.39 is 23.0 Å². The summed E-state index contributed by atoms with van der Waals surface area (Å²) in [5.41, 5.74) is 5.53. The van der Waals surface area contributed by atoms with Gasteiger partial charge in [0.2, 0.25) is 5.78 Å². The van der Waals surface area contributed by atoms with Crippen LogP contribution in [0, 0.1) is 11.6 Å². The number of nitrogens with one attached hydrogen (secondary N) is 2. The van der Waals surface area contributed by atoms with Crippen LogP contribution in [-0.4, -0.2) is 52.7 Å². The van der Waals surface area contributed by atoms with Crippen LogP contribution in [0.4, 0.5) is 25.5 Å². The molecule has 1 fully saturated rings. The molecule has 1 atom stereocenters. The summed E-state index contributed by atoms with van der Waals surface area (Å²) in [6.07, 6.45) is 3.61. The maximum atomic E-state index is 14.0. The number of likely N-dealkylation sites (N-methyl/N-ethyl adjacent to an activating group) is 1. The Kier molecular flexibility index (Phi) is 6.61. The molecule has 0 aliphatic carbocycles. The minimum atomic E-state index is -0.975. The standard InChI is InChI=1S/C22H22F2N6O2S/c1-30-9-3-4-13(30)11-27-21(32)12-7-8-16(26-10-12)28-22-29-20(25)19(33-22)18(31)17-14(23)5-2-6-15(17)24/h2,5-8,10,13H,3-4,9,11,25H2,1H3,(H,27,32)(H,26,28,29). The fourth-order valence-electron chi connectivity index (χ4n) is 3.64. The fourth-order valence-corrected chi connectivity index (χ4v) is 4.48. The molecule has 1 aliphatic heterocycles. The normalized spacial score (nSPS) is 16.0. The molecule has 4 N–H and O–H groups in total. The third-order valence-corrected chi connectivity index (χ3v) is 6.47. The van der Waals surface area contributed by atoms with Gasteiger partial charge in [-0.05, 0) is 50.7 Å². The zero-order chi connectivity index (χ0) is 23.5. The number of carbonyl (C=O) groups is 2. The smallest absolute Gasteiger partial charge is 0.252 e. The van der Waals surface area contributed by atoms with E-state index in [9.17, 15) is 18.4 Å². The Morgan fingerprint density at radius 3 is 2.64 bits per heavy atom. The Morgan fingerprint density at radius 1 is 1.24 bits per heavy atom. The van der Waals surface area contributed by atoms with E-state index in [0.717, 1.165) is 42.9 Å². The van der Waals surface area contributed by atoms with E-state index in [1.165, 1.54) is 12.3 Å². The first kappa shape index (κ1) is 22.7. The molecule has 8 nitrogen and oxygen atoms in total. The van der Waals surface area contributed by atoms with Crippen LogP contribution in [0.25, 0.3) is 0 Å². The van der Waals surface area contributed by atoms with Crippen LogP contribution in [-0.2, 0) is 0 Å². The number of rotatable bonds is 7. The van der Waals surface area contributed by atoms with Gasteiger partial charge in [-0.1, -0.05) is 17.4 Å². The molecule has 11 heteroatoms. The van der Waals surface area contributed by atoms with E-state index in [1.54, 1.807) is 12.1 Å². The quantitative estimate of drug-likeness (QED) is 0.453.